The second-order valence-corrected chi connectivity index (χ2v) is 6.42. The molecule has 0 bridgehead atoms. The van der Waals surface area contributed by atoms with Crippen molar-refractivity contribution in [2.75, 3.05) is 25.4 Å². The summed E-state index contributed by atoms with van der Waals surface area (Å²) in [5.74, 6) is 0.855. The van der Waals surface area contributed by atoms with Crippen LogP contribution in [0.4, 0.5) is 5.82 Å². The summed E-state index contributed by atoms with van der Waals surface area (Å²) in [7, 11) is 0. The van der Waals surface area contributed by atoms with Gasteiger partial charge in [-0.15, -0.1) is 0 Å². The molecule has 1 aliphatic rings. The van der Waals surface area contributed by atoms with Crippen LogP contribution >= 0.6 is 0 Å². The number of nitrogens with zero attached hydrogens (tertiary/aromatic N) is 2. The van der Waals surface area contributed by atoms with Crippen molar-refractivity contribution < 1.29 is 9.84 Å². The Kier molecular flexibility index (Phi) is 5.33. The highest BCUT2D eigenvalue weighted by Gasteiger charge is 2.25. The van der Waals surface area contributed by atoms with Crippen LogP contribution in [0.3, 0.4) is 0 Å². The highest BCUT2D eigenvalue weighted by Crippen LogP contribution is 2.24. The van der Waals surface area contributed by atoms with Crippen molar-refractivity contribution in [1.82, 2.24) is 9.88 Å². The van der Waals surface area contributed by atoms with E-state index in [0.717, 1.165) is 38.1 Å². The first-order chi connectivity index (χ1) is 11.6. The standard InChI is InChI=1S/C19H25N3O2/c1-14(2-3-15-4-7-17(23)8-5-15)22-10-11-24-18(13-22)16-6-9-19(20)21-12-16/h4-9,12,14,18,23H,2-3,10-11,13H2,1H3,(H2,20,21). The molecule has 2 unspecified atom stereocenters. The van der Waals surface area contributed by atoms with Crippen LogP contribution < -0.4 is 5.73 Å². The highest BCUT2D eigenvalue weighted by atomic mass is 16.5. The first-order valence-corrected chi connectivity index (χ1v) is 8.47. The Morgan fingerprint density at radius 1 is 1.29 bits per heavy atom. The molecule has 1 fully saturated rings. The van der Waals surface area contributed by atoms with Gasteiger partial charge in [0.05, 0.1) is 12.7 Å². The number of pyridine rings is 1. The summed E-state index contributed by atoms with van der Waals surface area (Å²) in [5.41, 5.74) is 8.00. The van der Waals surface area contributed by atoms with Gasteiger partial charge in [0.2, 0.25) is 0 Å². The maximum absolute atomic E-state index is 9.36. The molecule has 0 radical (unpaired) electrons. The molecule has 0 amide bonds. The van der Waals surface area contributed by atoms with Gasteiger partial charge in [0.1, 0.15) is 11.6 Å². The van der Waals surface area contributed by atoms with Crippen LogP contribution in [0.15, 0.2) is 42.6 Å². The molecule has 3 rings (SSSR count). The SMILES string of the molecule is CC(CCc1ccc(O)cc1)N1CCOC(c2ccc(N)nc2)C1. The third-order valence-corrected chi connectivity index (χ3v) is 4.69. The van der Waals surface area contributed by atoms with E-state index >= 15 is 0 Å². The number of aryl methyl sites for hydroxylation is 1. The minimum atomic E-state index is 0.0583. The Labute approximate surface area is 143 Å². The summed E-state index contributed by atoms with van der Waals surface area (Å²) in [6.45, 7) is 4.83. The van der Waals surface area contributed by atoms with E-state index in [2.05, 4.69) is 16.8 Å². The van der Waals surface area contributed by atoms with Crippen molar-refractivity contribution in [3.05, 3.63) is 53.7 Å². The van der Waals surface area contributed by atoms with E-state index in [0.29, 0.717) is 17.6 Å². The molecule has 1 aromatic carbocycles. The molecule has 1 saturated heterocycles. The number of benzene rings is 1. The Balaban J connectivity index is 1.55. The van der Waals surface area contributed by atoms with Gasteiger partial charge in [-0.1, -0.05) is 18.2 Å². The van der Waals surface area contributed by atoms with E-state index in [4.69, 9.17) is 10.5 Å². The van der Waals surface area contributed by atoms with E-state index in [1.807, 2.05) is 30.5 Å². The first kappa shape index (κ1) is 16.7. The molecule has 0 aliphatic carbocycles. The lowest BCUT2D eigenvalue weighted by Gasteiger charge is -2.37. The number of phenolic OH excluding ortho intramolecular Hbond substituents is 1. The summed E-state index contributed by atoms with van der Waals surface area (Å²) in [6.07, 6.45) is 3.96. The number of nitrogen functional groups attached to an aromatic ring is 1. The molecule has 2 heterocycles. The van der Waals surface area contributed by atoms with Crippen molar-refractivity contribution in [2.45, 2.75) is 31.9 Å². The van der Waals surface area contributed by atoms with Crippen molar-refractivity contribution in [3.8, 4) is 5.75 Å². The number of hydrogen-bond acceptors (Lipinski definition) is 5. The van der Waals surface area contributed by atoms with E-state index in [9.17, 15) is 5.11 Å². The Morgan fingerprint density at radius 3 is 2.79 bits per heavy atom. The van der Waals surface area contributed by atoms with E-state index in [-0.39, 0.29) is 6.10 Å². The van der Waals surface area contributed by atoms with Gasteiger partial charge >= 0.3 is 0 Å². The van der Waals surface area contributed by atoms with Crippen LogP contribution in [-0.2, 0) is 11.2 Å². The largest absolute Gasteiger partial charge is 0.508 e. The van der Waals surface area contributed by atoms with Gasteiger partial charge in [0.25, 0.3) is 0 Å². The maximum atomic E-state index is 9.36. The molecule has 3 N–H and O–H groups in total. The third kappa shape index (κ3) is 4.24. The minimum absolute atomic E-state index is 0.0583. The number of anilines is 1. The van der Waals surface area contributed by atoms with Crippen molar-refractivity contribution in [3.63, 3.8) is 0 Å². The van der Waals surface area contributed by atoms with Gasteiger partial charge in [-0.05, 0) is 43.5 Å². The average molecular weight is 327 g/mol. The summed E-state index contributed by atoms with van der Waals surface area (Å²) in [6, 6.07) is 11.8. The van der Waals surface area contributed by atoms with Gasteiger partial charge in [0, 0.05) is 30.9 Å². The lowest BCUT2D eigenvalue weighted by molar-refractivity contribution is -0.0436. The number of ether oxygens (including phenoxy) is 1. The van der Waals surface area contributed by atoms with Crippen LogP contribution in [-0.4, -0.2) is 40.7 Å². The topological polar surface area (TPSA) is 71.6 Å². The van der Waals surface area contributed by atoms with Crippen LogP contribution in [0, 0.1) is 0 Å². The van der Waals surface area contributed by atoms with Crippen molar-refractivity contribution in [2.24, 2.45) is 0 Å². The summed E-state index contributed by atoms with van der Waals surface area (Å²) in [4.78, 5) is 6.64. The van der Waals surface area contributed by atoms with E-state index in [1.165, 1.54) is 5.56 Å². The van der Waals surface area contributed by atoms with Crippen LogP contribution in [0.1, 0.15) is 30.6 Å². The van der Waals surface area contributed by atoms with Crippen LogP contribution in [0.5, 0.6) is 5.75 Å². The molecule has 128 valence electrons. The van der Waals surface area contributed by atoms with E-state index in [1.54, 1.807) is 12.1 Å². The fourth-order valence-corrected chi connectivity index (χ4v) is 3.10. The molecular formula is C19H25N3O2. The molecule has 2 atom stereocenters. The fraction of sp³-hybridized carbons (Fsp3) is 0.421. The summed E-state index contributed by atoms with van der Waals surface area (Å²) >= 11 is 0. The molecule has 24 heavy (non-hydrogen) atoms. The number of morpholine rings is 1. The second-order valence-electron chi connectivity index (χ2n) is 6.42. The van der Waals surface area contributed by atoms with Gasteiger partial charge in [-0.3, -0.25) is 4.90 Å². The first-order valence-electron chi connectivity index (χ1n) is 8.47. The van der Waals surface area contributed by atoms with Gasteiger partial charge in [-0.25, -0.2) is 4.98 Å². The Bertz CT molecular complexity index is 643. The predicted molar refractivity (Wildman–Crippen MR) is 94.8 cm³/mol. The maximum Gasteiger partial charge on any atom is 0.123 e. The third-order valence-electron chi connectivity index (χ3n) is 4.69. The quantitative estimate of drug-likeness (QED) is 0.883. The van der Waals surface area contributed by atoms with Crippen LogP contribution in [0.25, 0.3) is 0 Å². The molecular weight excluding hydrogens is 302 g/mol. The average Bonchev–Trinajstić information content (AvgIpc) is 2.62. The number of phenols is 1. The molecule has 5 nitrogen and oxygen atoms in total. The zero-order chi connectivity index (χ0) is 16.9. The number of aromatic nitrogens is 1. The number of nitrogens with two attached hydrogens (primary N) is 1. The van der Waals surface area contributed by atoms with Crippen molar-refractivity contribution >= 4 is 5.82 Å². The lowest BCUT2D eigenvalue weighted by Crippen LogP contribution is -2.43. The van der Waals surface area contributed by atoms with Gasteiger partial charge in [0.15, 0.2) is 0 Å². The molecule has 0 saturated carbocycles. The van der Waals surface area contributed by atoms with Crippen LogP contribution in [0.2, 0.25) is 0 Å². The fourth-order valence-electron chi connectivity index (χ4n) is 3.10. The Hall–Kier alpha value is -2.11. The molecule has 2 aromatic rings. The Morgan fingerprint density at radius 2 is 2.08 bits per heavy atom. The minimum Gasteiger partial charge on any atom is -0.508 e. The zero-order valence-electron chi connectivity index (χ0n) is 14.1. The zero-order valence-corrected chi connectivity index (χ0v) is 14.1. The highest BCUT2D eigenvalue weighted by molar-refractivity contribution is 5.30. The smallest absolute Gasteiger partial charge is 0.123 e. The normalized spacial score (nSPS) is 20.0. The lowest BCUT2D eigenvalue weighted by atomic mass is 10.0. The van der Waals surface area contributed by atoms with E-state index < -0.39 is 0 Å². The number of hydrogen-bond donors (Lipinski definition) is 2. The summed E-state index contributed by atoms with van der Waals surface area (Å²) < 4.78 is 5.91. The number of rotatable bonds is 5. The number of aromatic hydroxyl groups is 1. The summed E-state index contributed by atoms with van der Waals surface area (Å²) in [5, 5.41) is 9.36. The molecule has 5 heteroatoms. The predicted octanol–water partition coefficient (Wildman–Crippen LogP) is 2.76. The monoisotopic (exact) mass is 327 g/mol. The molecule has 1 aliphatic heterocycles. The van der Waals surface area contributed by atoms with Gasteiger partial charge < -0.3 is 15.6 Å². The molecule has 0 spiro atoms. The van der Waals surface area contributed by atoms with Crippen molar-refractivity contribution in [1.29, 1.82) is 0 Å². The van der Waals surface area contributed by atoms with Gasteiger partial charge in [-0.2, -0.15) is 0 Å². The second kappa shape index (κ2) is 7.64. The molecule has 1 aromatic heterocycles.